The molecule has 0 bridgehead atoms. The first-order chi connectivity index (χ1) is 9.25. The minimum Gasteiger partial charge on any atom is -0.345 e. The van der Waals surface area contributed by atoms with E-state index in [0.29, 0.717) is 6.54 Å². The summed E-state index contributed by atoms with van der Waals surface area (Å²) in [4.78, 5) is 27.2. The molecule has 1 aromatic rings. The van der Waals surface area contributed by atoms with Gasteiger partial charge in [0.25, 0.3) is 0 Å². The quantitative estimate of drug-likeness (QED) is 0.802. The molecular formula is C14H19N3O2. The second-order valence-corrected chi connectivity index (χ2v) is 4.85. The second kappa shape index (κ2) is 6.87. The molecule has 0 aliphatic heterocycles. The van der Waals surface area contributed by atoms with Crippen LogP contribution in [0.25, 0.3) is 0 Å². The van der Waals surface area contributed by atoms with Crippen molar-refractivity contribution < 1.29 is 9.59 Å². The summed E-state index contributed by atoms with van der Waals surface area (Å²) in [6.45, 7) is 0.347. The molecule has 2 amide bonds. The molecule has 5 heteroatoms. The molecule has 0 radical (unpaired) electrons. The van der Waals surface area contributed by atoms with Crippen LogP contribution >= 0.6 is 0 Å². The first-order valence-corrected chi connectivity index (χ1v) is 6.73. The highest BCUT2D eigenvalue weighted by atomic mass is 16.2. The monoisotopic (exact) mass is 261 g/mol. The molecule has 0 spiro atoms. The number of nitrogens with zero attached hydrogens (tertiary/aromatic N) is 1. The van der Waals surface area contributed by atoms with Gasteiger partial charge in [-0.2, -0.15) is 0 Å². The van der Waals surface area contributed by atoms with Gasteiger partial charge in [-0.1, -0.05) is 19.3 Å². The summed E-state index contributed by atoms with van der Waals surface area (Å²) in [6.07, 6.45) is 8.74. The van der Waals surface area contributed by atoms with Gasteiger partial charge < -0.3 is 10.6 Å². The molecule has 1 aliphatic rings. The predicted molar refractivity (Wildman–Crippen MR) is 71.1 cm³/mol. The van der Waals surface area contributed by atoms with Crippen molar-refractivity contribution in [1.82, 2.24) is 15.6 Å². The Kier molecular flexibility index (Phi) is 4.89. The summed E-state index contributed by atoms with van der Waals surface area (Å²) in [6, 6.07) is 3.77. The number of nitrogens with one attached hydrogen (secondary N) is 2. The van der Waals surface area contributed by atoms with E-state index in [9.17, 15) is 9.59 Å². The van der Waals surface area contributed by atoms with Crippen molar-refractivity contribution in [3.63, 3.8) is 0 Å². The number of amides is 2. The summed E-state index contributed by atoms with van der Waals surface area (Å²) in [5, 5.41) is 5.40. The van der Waals surface area contributed by atoms with Gasteiger partial charge in [0, 0.05) is 25.0 Å². The van der Waals surface area contributed by atoms with Gasteiger partial charge in [0.05, 0.1) is 0 Å². The van der Waals surface area contributed by atoms with E-state index in [1.165, 1.54) is 6.42 Å². The van der Waals surface area contributed by atoms with E-state index >= 15 is 0 Å². The Bertz CT molecular complexity index is 428. The molecule has 0 saturated heterocycles. The van der Waals surface area contributed by atoms with Gasteiger partial charge in [-0.25, -0.2) is 0 Å². The highest BCUT2D eigenvalue weighted by Gasteiger charge is 2.19. The predicted octanol–water partition coefficient (Wildman–Crippen LogP) is 1.15. The van der Waals surface area contributed by atoms with E-state index in [1.54, 1.807) is 24.5 Å². The third kappa shape index (κ3) is 4.35. The van der Waals surface area contributed by atoms with Gasteiger partial charge in [-0.3, -0.25) is 14.6 Å². The second-order valence-electron chi connectivity index (χ2n) is 4.85. The Morgan fingerprint density at radius 2 is 1.79 bits per heavy atom. The van der Waals surface area contributed by atoms with Gasteiger partial charge in [0.15, 0.2) is 0 Å². The van der Waals surface area contributed by atoms with Crippen LogP contribution in [0.4, 0.5) is 0 Å². The fourth-order valence-corrected chi connectivity index (χ4v) is 2.26. The van der Waals surface area contributed by atoms with Gasteiger partial charge in [-0.15, -0.1) is 0 Å². The van der Waals surface area contributed by atoms with E-state index in [4.69, 9.17) is 0 Å². The third-order valence-corrected chi connectivity index (χ3v) is 3.35. The Balaban J connectivity index is 1.74. The molecule has 1 aliphatic carbocycles. The summed E-state index contributed by atoms with van der Waals surface area (Å²) < 4.78 is 0. The standard InChI is InChI=1S/C14H19N3O2/c18-13(16-10-11-6-8-15-9-7-11)14(19)17-12-4-2-1-3-5-12/h6-9,12H,1-5,10H2,(H,16,18)(H,17,19). The van der Waals surface area contributed by atoms with Gasteiger partial charge in [-0.05, 0) is 30.5 Å². The lowest BCUT2D eigenvalue weighted by atomic mass is 9.95. The number of aromatic nitrogens is 1. The van der Waals surface area contributed by atoms with Crippen molar-refractivity contribution >= 4 is 11.8 Å². The first-order valence-electron chi connectivity index (χ1n) is 6.73. The van der Waals surface area contributed by atoms with Crippen LogP contribution in [0.3, 0.4) is 0 Å². The molecule has 1 fully saturated rings. The zero-order valence-electron chi connectivity index (χ0n) is 10.9. The Morgan fingerprint density at radius 3 is 2.47 bits per heavy atom. The maximum atomic E-state index is 11.7. The minimum absolute atomic E-state index is 0.160. The van der Waals surface area contributed by atoms with Crippen molar-refractivity contribution in [2.45, 2.75) is 44.7 Å². The topological polar surface area (TPSA) is 71.1 Å². The fourth-order valence-electron chi connectivity index (χ4n) is 2.26. The highest BCUT2D eigenvalue weighted by Crippen LogP contribution is 2.17. The van der Waals surface area contributed by atoms with Crippen LogP contribution in [0.2, 0.25) is 0 Å². The Morgan fingerprint density at radius 1 is 1.11 bits per heavy atom. The molecule has 1 saturated carbocycles. The zero-order chi connectivity index (χ0) is 13.5. The van der Waals surface area contributed by atoms with Crippen molar-refractivity contribution in [2.24, 2.45) is 0 Å². The number of hydrogen-bond acceptors (Lipinski definition) is 3. The van der Waals surface area contributed by atoms with Crippen molar-refractivity contribution in [2.75, 3.05) is 0 Å². The summed E-state index contributed by atoms with van der Waals surface area (Å²) in [7, 11) is 0. The van der Waals surface area contributed by atoms with Gasteiger partial charge >= 0.3 is 11.8 Å². The van der Waals surface area contributed by atoms with E-state index in [1.807, 2.05) is 0 Å². The Hall–Kier alpha value is -1.91. The molecule has 5 nitrogen and oxygen atoms in total. The maximum absolute atomic E-state index is 11.7. The smallest absolute Gasteiger partial charge is 0.309 e. The van der Waals surface area contributed by atoms with Crippen molar-refractivity contribution in [3.05, 3.63) is 30.1 Å². The number of pyridine rings is 1. The molecule has 19 heavy (non-hydrogen) atoms. The number of rotatable bonds is 3. The lowest BCUT2D eigenvalue weighted by Crippen LogP contribution is -2.45. The fraction of sp³-hybridized carbons (Fsp3) is 0.500. The van der Waals surface area contributed by atoms with Crippen LogP contribution in [0, 0.1) is 0 Å². The molecule has 0 unspecified atom stereocenters. The van der Waals surface area contributed by atoms with Gasteiger partial charge in [0.2, 0.25) is 0 Å². The molecule has 0 atom stereocenters. The van der Waals surface area contributed by atoms with E-state index in [-0.39, 0.29) is 6.04 Å². The number of carbonyl (C=O) groups is 2. The van der Waals surface area contributed by atoms with Crippen LogP contribution in [-0.2, 0) is 16.1 Å². The van der Waals surface area contributed by atoms with E-state index in [0.717, 1.165) is 31.2 Å². The highest BCUT2D eigenvalue weighted by molar-refractivity contribution is 6.35. The average Bonchev–Trinajstić information content (AvgIpc) is 2.47. The molecule has 0 aromatic carbocycles. The lowest BCUT2D eigenvalue weighted by molar-refractivity contribution is -0.139. The zero-order valence-corrected chi connectivity index (χ0v) is 10.9. The molecule has 1 heterocycles. The molecular weight excluding hydrogens is 242 g/mol. The summed E-state index contributed by atoms with van der Waals surface area (Å²) in [5.41, 5.74) is 0.925. The third-order valence-electron chi connectivity index (χ3n) is 3.35. The largest absolute Gasteiger partial charge is 0.345 e. The maximum Gasteiger partial charge on any atom is 0.309 e. The van der Waals surface area contributed by atoms with E-state index < -0.39 is 11.8 Å². The lowest BCUT2D eigenvalue weighted by Gasteiger charge is -2.22. The van der Waals surface area contributed by atoms with Crippen LogP contribution in [0.5, 0.6) is 0 Å². The minimum atomic E-state index is -0.567. The number of hydrogen-bond donors (Lipinski definition) is 2. The van der Waals surface area contributed by atoms with Gasteiger partial charge in [0.1, 0.15) is 0 Å². The summed E-state index contributed by atoms with van der Waals surface area (Å²) >= 11 is 0. The normalized spacial score (nSPS) is 15.8. The Labute approximate surface area is 112 Å². The van der Waals surface area contributed by atoms with Crippen LogP contribution in [0.15, 0.2) is 24.5 Å². The number of carbonyl (C=O) groups excluding carboxylic acids is 2. The average molecular weight is 261 g/mol. The van der Waals surface area contributed by atoms with Crippen LogP contribution in [-0.4, -0.2) is 22.8 Å². The molecule has 1 aromatic heterocycles. The SMILES string of the molecule is O=C(NCc1ccncc1)C(=O)NC1CCCCC1. The summed E-state index contributed by atoms with van der Waals surface area (Å²) in [5.74, 6) is -1.09. The van der Waals surface area contributed by atoms with Crippen molar-refractivity contribution in [3.8, 4) is 0 Å². The van der Waals surface area contributed by atoms with Crippen molar-refractivity contribution in [1.29, 1.82) is 0 Å². The molecule has 2 N–H and O–H groups in total. The first kappa shape index (κ1) is 13.5. The van der Waals surface area contributed by atoms with Crippen LogP contribution < -0.4 is 10.6 Å². The van der Waals surface area contributed by atoms with E-state index in [2.05, 4.69) is 15.6 Å². The molecule has 2 rings (SSSR count). The molecule has 102 valence electrons. The van der Waals surface area contributed by atoms with Crippen LogP contribution in [0.1, 0.15) is 37.7 Å².